The SMILES string of the molecule is O=C(Nc1ccc(NCCc2ccc(F)cc2)cc1)C1CCCCC1. The minimum absolute atomic E-state index is 0.150. The first-order chi connectivity index (χ1) is 12.2. The Kier molecular flexibility index (Phi) is 6.04. The summed E-state index contributed by atoms with van der Waals surface area (Å²) in [5.74, 6) is 0.113. The van der Waals surface area contributed by atoms with E-state index < -0.39 is 0 Å². The Balaban J connectivity index is 1.45. The van der Waals surface area contributed by atoms with Crippen molar-refractivity contribution >= 4 is 17.3 Å². The molecule has 1 aliphatic carbocycles. The molecule has 0 aliphatic heterocycles. The molecule has 0 atom stereocenters. The van der Waals surface area contributed by atoms with Gasteiger partial charge in [0.15, 0.2) is 0 Å². The number of nitrogens with one attached hydrogen (secondary N) is 2. The van der Waals surface area contributed by atoms with Gasteiger partial charge in [0.2, 0.25) is 5.91 Å². The lowest BCUT2D eigenvalue weighted by molar-refractivity contribution is -0.120. The van der Waals surface area contributed by atoms with E-state index in [9.17, 15) is 9.18 Å². The monoisotopic (exact) mass is 340 g/mol. The highest BCUT2D eigenvalue weighted by atomic mass is 19.1. The Labute approximate surface area is 148 Å². The van der Waals surface area contributed by atoms with Crippen molar-refractivity contribution in [2.75, 3.05) is 17.2 Å². The maximum atomic E-state index is 12.9. The van der Waals surface area contributed by atoms with Crippen molar-refractivity contribution in [2.24, 2.45) is 5.92 Å². The zero-order valence-corrected chi connectivity index (χ0v) is 14.4. The summed E-state index contributed by atoms with van der Waals surface area (Å²) < 4.78 is 12.9. The minimum Gasteiger partial charge on any atom is -0.385 e. The van der Waals surface area contributed by atoms with E-state index in [0.717, 1.165) is 55.6 Å². The highest BCUT2D eigenvalue weighted by Crippen LogP contribution is 2.25. The van der Waals surface area contributed by atoms with Crippen molar-refractivity contribution in [3.05, 3.63) is 59.9 Å². The van der Waals surface area contributed by atoms with Crippen LogP contribution in [0, 0.1) is 11.7 Å². The summed E-state index contributed by atoms with van der Waals surface area (Å²) in [6, 6.07) is 14.4. The highest BCUT2D eigenvalue weighted by molar-refractivity contribution is 5.92. The number of hydrogen-bond donors (Lipinski definition) is 2. The Hall–Kier alpha value is -2.36. The first-order valence-electron chi connectivity index (χ1n) is 9.10. The molecule has 25 heavy (non-hydrogen) atoms. The zero-order valence-electron chi connectivity index (χ0n) is 14.4. The lowest BCUT2D eigenvalue weighted by Crippen LogP contribution is -2.24. The normalized spacial score (nSPS) is 14.9. The lowest BCUT2D eigenvalue weighted by Gasteiger charge is -2.20. The van der Waals surface area contributed by atoms with Gasteiger partial charge in [0.25, 0.3) is 0 Å². The standard InChI is InChI=1S/C21H25FN2O/c22-18-8-6-16(7-9-18)14-15-23-19-10-12-20(13-11-19)24-21(25)17-4-2-1-3-5-17/h6-13,17,23H,1-5,14-15H2,(H,24,25). The molecular formula is C21H25FN2O. The van der Waals surface area contributed by atoms with Crippen molar-refractivity contribution in [1.82, 2.24) is 0 Å². The van der Waals surface area contributed by atoms with Gasteiger partial charge in [0, 0.05) is 23.8 Å². The summed E-state index contributed by atoms with van der Waals surface area (Å²) in [4.78, 5) is 12.3. The fraction of sp³-hybridized carbons (Fsp3) is 0.381. The largest absolute Gasteiger partial charge is 0.385 e. The van der Waals surface area contributed by atoms with E-state index >= 15 is 0 Å². The van der Waals surface area contributed by atoms with Crippen LogP contribution in [0.25, 0.3) is 0 Å². The Morgan fingerprint density at radius 3 is 2.24 bits per heavy atom. The van der Waals surface area contributed by atoms with Crippen LogP contribution in [0.3, 0.4) is 0 Å². The molecule has 1 amide bonds. The number of anilines is 2. The lowest BCUT2D eigenvalue weighted by atomic mass is 9.88. The summed E-state index contributed by atoms with van der Waals surface area (Å²) in [6.07, 6.45) is 6.43. The zero-order chi connectivity index (χ0) is 17.5. The molecule has 0 unspecified atom stereocenters. The average molecular weight is 340 g/mol. The van der Waals surface area contributed by atoms with Gasteiger partial charge in [-0.2, -0.15) is 0 Å². The quantitative estimate of drug-likeness (QED) is 0.777. The molecule has 2 aromatic carbocycles. The Bertz CT molecular complexity index is 676. The minimum atomic E-state index is -0.206. The summed E-state index contributed by atoms with van der Waals surface area (Å²) >= 11 is 0. The fourth-order valence-corrected chi connectivity index (χ4v) is 3.28. The second-order valence-electron chi connectivity index (χ2n) is 6.70. The fourth-order valence-electron chi connectivity index (χ4n) is 3.28. The number of hydrogen-bond acceptors (Lipinski definition) is 2. The van der Waals surface area contributed by atoms with Crippen LogP contribution in [-0.2, 0) is 11.2 Å². The summed E-state index contributed by atoms with van der Waals surface area (Å²) in [5, 5.41) is 6.37. The molecule has 0 saturated heterocycles. The van der Waals surface area contributed by atoms with Gasteiger partial charge in [-0.05, 0) is 61.2 Å². The van der Waals surface area contributed by atoms with Crippen LogP contribution >= 0.6 is 0 Å². The molecule has 4 heteroatoms. The molecular weight excluding hydrogens is 315 g/mol. The van der Waals surface area contributed by atoms with Crippen LogP contribution < -0.4 is 10.6 Å². The van der Waals surface area contributed by atoms with Gasteiger partial charge in [-0.3, -0.25) is 4.79 Å². The smallest absolute Gasteiger partial charge is 0.227 e. The van der Waals surface area contributed by atoms with Gasteiger partial charge < -0.3 is 10.6 Å². The summed E-state index contributed by atoms with van der Waals surface area (Å²) in [7, 11) is 0. The third kappa shape index (κ3) is 5.31. The van der Waals surface area contributed by atoms with Crippen molar-refractivity contribution in [1.29, 1.82) is 0 Å². The molecule has 0 radical (unpaired) electrons. The second-order valence-corrected chi connectivity index (χ2v) is 6.70. The van der Waals surface area contributed by atoms with Crippen LogP contribution in [0.15, 0.2) is 48.5 Å². The first kappa shape index (κ1) is 17.5. The molecule has 1 saturated carbocycles. The van der Waals surface area contributed by atoms with Crippen molar-refractivity contribution < 1.29 is 9.18 Å². The summed E-state index contributed by atoms with van der Waals surface area (Å²) in [5.41, 5.74) is 2.96. The molecule has 1 aliphatic rings. The number of carbonyl (C=O) groups excluding carboxylic acids is 1. The third-order valence-electron chi connectivity index (χ3n) is 4.78. The molecule has 0 spiro atoms. The maximum Gasteiger partial charge on any atom is 0.227 e. The van der Waals surface area contributed by atoms with Crippen LogP contribution in [0.4, 0.5) is 15.8 Å². The number of amides is 1. The Morgan fingerprint density at radius 2 is 1.56 bits per heavy atom. The first-order valence-corrected chi connectivity index (χ1v) is 9.10. The maximum absolute atomic E-state index is 12.9. The van der Waals surface area contributed by atoms with Gasteiger partial charge in [-0.1, -0.05) is 31.4 Å². The van der Waals surface area contributed by atoms with E-state index in [1.807, 2.05) is 24.3 Å². The number of carbonyl (C=O) groups is 1. The number of halogens is 1. The molecule has 0 bridgehead atoms. The molecule has 3 rings (SSSR count). The highest BCUT2D eigenvalue weighted by Gasteiger charge is 2.20. The second kappa shape index (κ2) is 8.65. The van der Waals surface area contributed by atoms with E-state index in [4.69, 9.17) is 0 Å². The predicted octanol–water partition coefficient (Wildman–Crippen LogP) is 5.00. The van der Waals surface area contributed by atoms with Crippen molar-refractivity contribution in [2.45, 2.75) is 38.5 Å². The topological polar surface area (TPSA) is 41.1 Å². The van der Waals surface area contributed by atoms with Gasteiger partial charge in [0.1, 0.15) is 5.82 Å². The molecule has 2 aromatic rings. The van der Waals surface area contributed by atoms with E-state index in [1.54, 1.807) is 12.1 Å². The van der Waals surface area contributed by atoms with E-state index in [2.05, 4.69) is 10.6 Å². The van der Waals surface area contributed by atoms with Crippen LogP contribution in [0.2, 0.25) is 0 Å². The molecule has 132 valence electrons. The molecule has 1 fully saturated rings. The molecule has 0 aromatic heterocycles. The molecule has 3 nitrogen and oxygen atoms in total. The van der Waals surface area contributed by atoms with Crippen LogP contribution in [0.1, 0.15) is 37.7 Å². The summed E-state index contributed by atoms with van der Waals surface area (Å²) in [6.45, 7) is 0.777. The molecule has 2 N–H and O–H groups in total. The van der Waals surface area contributed by atoms with Crippen molar-refractivity contribution in [3.63, 3.8) is 0 Å². The molecule has 0 heterocycles. The average Bonchev–Trinajstić information content (AvgIpc) is 2.65. The van der Waals surface area contributed by atoms with Gasteiger partial charge in [0.05, 0.1) is 0 Å². The third-order valence-corrected chi connectivity index (χ3v) is 4.78. The van der Waals surface area contributed by atoms with Crippen LogP contribution in [0.5, 0.6) is 0 Å². The van der Waals surface area contributed by atoms with E-state index in [-0.39, 0.29) is 17.6 Å². The van der Waals surface area contributed by atoms with Gasteiger partial charge in [-0.25, -0.2) is 4.39 Å². The predicted molar refractivity (Wildman–Crippen MR) is 100 cm³/mol. The van der Waals surface area contributed by atoms with Crippen molar-refractivity contribution in [3.8, 4) is 0 Å². The van der Waals surface area contributed by atoms with E-state index in [0.29, 0.717) is 0 Å². The number of rotatable bonds is 6. The number of benzene rings is 2. The van der Waals surface area contributed by atoms with Gasteiger partial charge in [-0.15, -0.1) is 0 Å². The van der Waals surface area contributed by atoms with E-state index in [1.165, 1.54) is 18.6 Å². The van der Waals surface area contributed by atoms with Crippen LogP contribution in [-0.4, -0.2) is 12.5 Å². The Morgan fingerprint density at radius 1 is 0.920 bits per heavy atom. The van der Waals surface area contributed by atoms with Gasteiger partial charge >= 0.3 is 0 Å².